The van der Waals surface area contributed by atoms with Crippen molar-refractivity contribution in [1.29, 1.82) is 0 Å². The van der Waals surface area contributed by atoms with Gasteiger partial charge in [0.2, 0.25) is 0 Å². The molecule has 0 aromatic rings. The van der Waals surface area contributed by atoms with Crippen molar-refractivity contribution >= 4 is 25.7 Å². The van der Waals surface area contributed by atoms with E-state index in [9.17, 15) is 74.9 Å². The first-order valence-electron chi connectivity index (χ1n) is 40.3. The zero-order valence-corrected chi connectivity index (χ0v) is 63.4. The lowest BCUT2D eigenvalue weighted by molar-refractivity contribution is -0.360. The van der Waals surface area contributed by atoms with Crippen LogP contribution >= 0.6 is 7.82 Å². The Morgan fingerprint density at radius 2 is 0.634 bits per heavy atom. The number of carbonyl (C=O) groups excluding carboxylic acids is 3. The molecular weight excluding hydrogens is 1330 g/mol. The van der Waals surface area contributed by atoms with Crippen LogP contribution in [0.3, 0.4) is 0 Å². The Bertz CT molecular complexity index is 2080. The number of carbonyl (C=O) groups is 3. The summed E-state index contributed by atoms with van der Waals surface area (Å²) in [5.41, 5.74) is 0. The summed E-state index contributed by atoms with van der Waals surface area (Å²) in [6, 6.07) is 0. The fraction of sp³-hybridized carbons (Fsp3) is 0.961. The second-order valence-corrected chi connectivity index (χ2v) is 30.6. The first-order chi connectivity index (χ1) is 48.8. The van der Waals surface area contributed by atoms with Gasteiger partial charge in [0.05, 0.1) is 13.2 Å². The van der Waals surface area contributed by atoms with Gasteiger partial charge in [-0.2, -0.15) is 0 Å². The number of aliphatic hydroxyl groups is 10. The van der Waals surface area contributed by atoms with E-state index in [-0.39, 0.29) is 19.3 Å². The molecule has 0 bridgehead atoms. The van der Waals surface area contributed by atoms with Crippen LogP contribution in [0.4, 0.5) is 0 Å². The van der Waals surface area contributed by atoms with Crippen molar-refractivity contribution in [1.82, 2.24) is 0 Å². The van der Waals surface area contributed by atoms with E-state index in [1.165, 1.54) is 186 Å². The van der Waals surface area contributed by atoms with Crippen molar-refractivity contribution in [3.05, 3.63) is 0 Å². The molecule has 0 radical (unpaired) electrons. The molecule has 2 aliphatic heterocycles. The first-order valence-corrected chi connectivity index (χ1v) is 41.8. The third kappa shape index (κ3) is 40.7. The lowest BCUT2D eigenvalue weighted by Crippen LogP contribution is -2.69. The summed E-state index contributed by atoms with van der Waals surface area (Å²) >= 11 is 0. The van der Waals surface area contributed by atoms with Gasteiger partial charge in [-0.25, -0.2) is 4.57 Å². The van der Waals surface area contributed by atoms with E-state index in [1.54, 1.807) is 0 Å². The molecular formula is C76H143O24P. The topological polar surface area (TPSA) is 374 Å². The average molecular weight is 1470 g/mol. The van der Waals surface area contributed by atoms with Gasteiger partial charge in [0.25, 0.3) is 0 Å². The van der Waals surface area contributed by atoms with Gasteiger partial charge >= 0.3 is 25.7 Å². The molecule has 18 atom stereocenters. The minimum absolute atomic E-state index is 0.0326. The summed E-state index contributed by atoms with van der Waals surface area (Å²) in [5.74, 6) is -1.97. The van der Waals surface area contributed by atoms with Gasteiger partial charge in [-0.1, -0.05) is 297 Å². The molecule has 1 saturated carbocycles. The van der Waals surface area contributed by atoms with E-state index in [0.29, 0.717) is 19.3 Å². The Hall–Kier alpha value is -2.04. The Morgan fingerprint density at radius 3 is 0.970 bits per heavy atom. The zero-order chi connectivity index (χ0) is 73.9. The van der Waals surface area contributed by atoms with E-state index in [0.717, 1.165) is 89.9 Å². The maximum absolute atomic E-state index is 14.4. The number of ether oxygens (including phenoxy) is 7. The van der Waals surface area contributed by atoms with Gasteiger partial charge in [-0.3, -0.25) is 23.4 Å². The molecule has 18 unspecified atom stereocenters. The van der Waals surface area contributed by atoms with Crippen molar-refractivity contribution in [3.8, 4) is 0 Å². The highest BCUT2D eigenvalue weighted by Gasteiger charge is 2.58. The Balaban J connectivity index is 1.70. The number of aliphatic hydroxyl groups excluding tert-OH is 10. The minimum atomic E-state index is -5.69. The quantitative estimate of drug-likeness (QED) is 0.0117. The maximum atomic E-state index is 14.4. The fourth-order valence-electron chi connectivity index (χ4n) is 13.6. The van der Waals surface area contributed by atoms with Gasteiger partial charge in [0.15, 0.2) is 18.7 Å². The summed E-state index contributed by atoms with van der Waals surface area (Å²) in [6.07, 6.45) is 17.1. The first kappa shape index (κ1) is 93.2. The molecule has 11 N–H and O–H groups in total. The zero-order valence-electron chi connectivity index (χ0n) is 62.5. The summed E-state index contributed by atoms with van der Waals surface area (Å²) in [5, 5.41) is 110. The van der Waals surface area contributed by atoms with Crippen LogP contribution in [-0.2, 0) is 61.2 Å². The fourth-order valence-corrected chi connectivity index (χ4v) is 14.5. The molecule has 24 nitrogen and oxygen atoms in total. The summed E-state index contributed by atoms with van der Waals surface area (Å²) in [4.78, 5) is 51.1. The van der Waals surface area contributed by atoms with Gasteiger partial charge in [-0.05, 0) is 19.3 Å². The van der Waals surface area contributed by atoms with Gasteiger partial charge < -0.3 is 89.1 Å². The molecule has 0 aromatic carbocycles. The highest BCUT2D eigenvalue weighted by atomic mass is 31.2. The van der Waals surface area contributed by atoms with E-state index < -0.39 is 156 Å². The summed E-state index contributed by atoms with van der Waals surface area (Å²) < 4.78 is 65.2. The number of rotatable bonds is 64. The molecule has 25 heteroatoms. The minimum Gasteiger partial charge on any atom is -0.463 e. The second kappa shape index (κ2) is 58.0. The van der Waals surface area contributed by atoms with Crippen LogP contribution in [0.5, 0.6) is 0 Å². The van der Waals surface area contributed by atoms with E-state index in [4.69, 9.17) is 42.2 Å². The van der Waals surface area contributed by atoms with Gasteiger partial charge in [0, 0.05) is 19.3 Å². The van der Waals surface area contributed by atoms with Crippen LogP contribution in [-0.4, -0.2) is 204 Å². The van der Waals surface area contributed by atoms with Crippen LogP contribution in [0.25, 0.3) is 0 Å². The number of hydrogen-bond acceptors (Lipinski definition) is 23. The molecule has 0 amide bonds. The number of esters is 3. The number of unbranched alkanes of at least 4 members (excludes halogenated alkanes) is 43. The Kier molecular flexibility index (Phi) is 53.5. The highest BCUT2D eigenvalue weighted by Crippen LogP contribution is 2.49. The number of phosphoric acid groups is 1. The van der Waals surface area contributed by atoms with E-state index in [1.807, 2.05) is 0 Å². The van der Waals surface area contributed by atoms with Crippen molar-refractivity contribution < 1.29 is 117 Å². The lowest BCUT2D eigenvalue weighted by atomic mass is 9.84. The molecule has 3 aliphatic rings. The van der Waals surface area contributed by atoms with Crippen molar-refractivity contribution in [3.63, 3.8) is 0 Å². The molecule has 101 heavy (non-hydrogen) atoms. The molecule has 2 saturated heterocycles. The molecule has 1 aliphatic carbocycles. The summed E-state index contributed by atoms with van der Waals surface area (Å²) in [7, 11) is -5.69. The van der Waals surface area contributed by atoms with Crippen LogP contribution in [0, 0.1) is 0 Å². The number of phosphoric ester groups is 1. The smallest absolute Gasteiger partial charge is 0.463 e. The SMILES string of the molecule is CCCCCCCCCCCCCCCCCCCC(=O)OC(COC(=O)CCCCCCCCCCCCCCC)COP(=O)(O)OC1C(OC2OC(CO)C(O)C(O)C2O)C(O)C(O)C(O)C1OC1OC(COC(=O)CCCCCCCCCCCCCCCCCC)C(O)C(O)C1O. The molecule has 3 fully saturated rings. The third-order valence-corrected chi connectivity index (χ3v) is 21.1. The van der Waals surface area contributed by atoms with Gasteiger partial charge in [-0.15, -0.1) is 0 Å². The van der Waals surface area contributed by atoms with Crippen molar-refractivity contribution in [2.75, 3.05) is 26.4 Å². The molecule has 2 heterocycles. The molecule has 0 spiro atoms. The predicted molar refractivity (Wildman–Crippen MR) is 384 cm³/mol. The second-order valence-electron chi connectivity index (χ2n) is 29.2. The van der Waals surface area contributed by atoms with Crippen LogP contribution < -0.4 is 0 Å². The third-order valence-electron chi connectivity index (χ3n) is 20.1. The predicted octanol–water partition coefficient (Wildman–Crippen LogP) is 12.1. The lowest BCUT2D eigenvalue weighted by Gasteiger charge is -2.49. The van der Waals surface area contributed by atoms with Crippen molar-refractivity contribution in [2.24, 2.45) is 0 Å². The number of hydrogen-bond donors (Lipinski definition) is 11. The van der Waals surface area contributed by atoms with E-state index in [2.05, 4.69) is 20.8 Å². The van der Waals surface area contributed by atoms with E-state index >= 15 is 0 Å². The molecule has 0 aromatic heterocycles. The Morgan fingerprint density at radius 1 is 0.347 bits per heavy atom. The maximum Gasteiger partial charge on any atom is 0.472 e. The van der Waals surface area contributed by atoms with Crippen LogP contribution in [0.2, 0.25) is 0 Å². The monoisotopic (exact) mass is 1470 g/mol. The molecule has 596 valence electrons. The highest BCUT2D eigenvalue weighted by molar-refractivity contribution is 7.47. The summed E-state index contributed by atoms with van der Waals surface area (Å²) in [6.45, 7) is 3.51. The average Bonchev–Trinajstić information content (AvgIpc) is 0.761. The van der Waals surface area contributed by atoms with Crippen molar-refractivity contribution in [2.45, 2.75) is 440 Å². The Labute approximate surface area is 606 Å². The molecule has 3 rings (SSSR count). The largest absolute Gasteiger partial charge is 0.472 e. The van der Waals surface area contributed by atoms with Gasteiger partial charge in [0.1, 0.15) is 98.7 Å². The standard InChI is InChI=1S/C76H143O24P/c1-4-7-10-13-16-19-22-25-27-29-31-34-37-40-43-46-49-52-62(80)95-57(54-92-60(78)50-47-44-41-38-35-32-24-21-18-15-12-9-6-3)55-94-101(90,91)100-74-72(98-75-70(88)65(83)63(81)58(53-77)96-75)68(86)67(85)69(87)73(74)99-76-71(89)66(84)64(82)59(97-76)56-93-61(79)51-48-45-42-39-36-33-30-28-26-23-20-17-14-11-8-5-2/h57-59,63-77,81-89H,4-56H2,1-3H3,(H,90,91). The van der Waals surface area contributed by atoms with Crippen LogP contribution in [0.1, 0.15) is 335 Å². The van der Waals surface area contributed by atoms with Crippen LogP contribution in [0.15, 0.2) is 0 Å². The normalized spacial score (nSPS) is 27.1.